The Labute approximate surface area is 249 Å². The Hall–Kier alpha value is -4.32. The number of quaternary nitrogens is 1. The highest BCUT2D eigenvalue weighted by Crippen LogP contribution is 2.42. The first-order valence-corrected chi connectivity index (χ1v) is 14.2. The van der Waals surface area contributed by atoms with E-state index in [1.54, 1.807) is 18.2 Å². The summed E-state index contributed by atoms with van der Waals surface area (Å²) >= 11 is 0. The topological polar surface area (TPSA) is 135 Å². The summed E-state index contributed by atoms with van der Waals surface area (Å²) in [4.78, 5) is 41.3. The first kappa shape index (κ1) is 30.1. The smallest absolute Gasteiger partial charge is 0.393 e. The molecule has 0 saturated carbocycles. The van der Waals surface area contributed by atoms with Crippen molar-refractivity contribution >= 4 is 23.6 Å². The number of allylic oxidation sites excluding steroid dienone is 2. The maximum absolute atomic E-state index is 14.4. The standard InChI is InChI=1S/C32H35N3O8/c1-41-27-12-11-23(17-28(27)42-2)30-24-5-3-4-6-25(24)31(38)35(33-30,26(32(39)40)18-29(36)37)20-22-9-7-21(8-10-22)19-34-13-15-43-16-14-34/h3-4,7-12,17-18,24-25H,5-6,13-16,19-20H2,1-2H3,(H-,36,37,39,40)/p+1. The van der Waals surface area contributed by atoms with E-state index >= 15 is 0 Å². The summed E-state index contributed by atoms with van der Waals surface area (Å²) in [5, 5.41) is 24.9. The molecule has 0 aromatic heterocycles. The van der Waals surface area contributed by atoms with Crippen LogP contribution in [0.3, 0.4) is 0 Å². The van der Waals surface area contributed by atoms with Crippen LogP contribution in [-0.2, 0) is 32.2 Å². The third-order valence-corrected chi connectivity index (χ3v) is 8.25. The molecule has 1 amide bonds. The summed E-state index contributed by atoms with van der Waals surface area (Å²) in [6.45, 7) is 3.62. The number of carbonyl (C=O) groups is 3. The molecular formula is C32H36N3O8+. The Kier molecular flexibility index (Phi) is 9.05. The average molecular weight is 591 g/mol. The zero-order valence-corrected chi connectivity index (χ0v) is 24.3. The van der Waals surface area contributed by atoms with Crippen LogP contribution in [0.25, 0.3) is 0 Å². The van der Waals surface area contributed by atoms with Gasteiger partial charge in [-0.2, -0.15) is 0 Å². The number of carboxylic acids is 2. The lowest BCUT2D eigenvalue weighted by Gasteiger charge is -2.40. The summed E-state index contributed by atoms with van der Waals surface area (Å²) in [5.74, 6) is -3.42. The Morgan fingerprint density at radius 2 is 1.63 bits per heavy atom. The van der Waals surface area contributed by atoms with Crippen molar-refractivity contribution < 1.29 is 43.4 Å². The third kappa shape index (κ3) is 6.24. The minimum absolute atomic E-state index is 0.161. The van der Waals surface area contributed by atoms with Crippen LogP contribution in [0.4, 0.5) is 0 Å². The van der Waals surface area contributed by atoms with Gasteiger partial charge in [0.05, 0.1) is 39.4 Å². The molecule has 2 heterocycles. The van der Waals surface area contributed by atoms with Gasteiger partial charge in [0.25, 0.3) is 5.70 Å². The highest BCUT2D eigenvalue weighted by Gasteiger charge is 2.56. The van der Waals surface area contributed by atoms with E-state index in [1.807, 2.05) is 36.4 Å². The predicted octanol–water partition coefficient (Wildman–Crippen LogP) is 3.43. The number of amides is 1. The van der Waals surface area contributed by atoms with Gasteiger partial charge in [-0.1, -0.05) is 46.1 Å². The lowest BCUT2D eigenvalue weighted by Crippen LogP contribution is -2.58. The number of morpholine rings is 1. The zero-order valence-electron chi connectivity index (χ0n) is 24.3. The number of hydrogen-bond acceptors (Lipinski definition) is 8. The number of fused-ring (bicyclic) bond motifs is 1. The van der Waals surface area contributed by atoms with Crippen LogP contribution in [0.2, 0.25) is 0 Å². The second kappa shape index (κ2) is 12.9. The predicted molar refractivity (Wildman–Crippen MR) is 156 cm³/mol. The Morgan fingerprint density at radius 1 is 0.977 bits per heavy atom. The van der Waals surface area contributed by atoms with Gasteiger partial charge in [0.15, 0.2) is 11.5 Å². The number of hydrogen-bond donors (Lipinski definition) is 2. The maximum Gasteiger partial charge on any atom is 0.393 e. The Balaban J connectivity index is 1.63. The van der Waals surface area contributed by atoms with E-state index in [1.165, 1.54) is 14.2 Å². The van der Waals surface area contributed by atoms with Crippen molar-refractivity contribution in [3.63, 3.8) is 0 Å². The molecule has 0 radical (unpaired) electrons. The van der Waals surface area contributed by atoms with Gasteiger partial charge < -0.3 is 24.4 Å². The van der Waals surface area contributed by atoms with Crippen LogP contribution >= 0.6 is 0 Å². The van der Waals surface area contributed by atoms with Crippen LogP contribution in [-0.4, -0.2) is 83.8 Å². The normalized spacial score (nSPS) is 24.2. The van der Waals surface area contributed by atoms with E-state index < -0.39 is 34.1 Å². The molecule has 2 aromatic carbocycles. The number of carboxylic acid groups (broad SMARTS) is 2. The second-order valence-corrected chi connectivity index (χ2v) is 10.9. The summed E-state index contributed by atoms with van der Waals surface area (Å²) in [7, 11) is 3.04. The monoisotopic (exact) mass is 590 g/mol. The summed E-state index contributed by atoms with van der Waals surface area (Å²) in [5.41, 5.74) is 2.24. The number of nitrogens with zero attached hydrogens (tertiary/aromatic N) is 3. The van der Waals surface area contributed by atoms with Gasteiger partial charge >= 0.3 is 17.8 Å². The van der Waals surface area contributed by atoms with Gasteiger partial charge in [0.1, 0.15) is 12.3 Å². The maximum atomic E-state index is 14.4. The Morgan fingerprint density at radius 3 is 2.26 bits per heavy atom. The van der Waals surface area contributed by atoms with Crippen molar-refractivity contribution in [2.45, 2.75) is 25.9 Å². The summed E-state index contributed by atoms with van der Waals surface area (Å²) < 4.78 is 15.3. The largest absolute Gasteiger partial charge is 0.493 e. The van der Waals surface area contributed by atoms with Crippen LogP contribution < -0.4 is 9.47 Å². The zero-order chi connectivity index (χ0) is 30.6. The molecule has 2 aromatic rings. The molecule has 1 aliphatic carbocycles. The van der Waals surface area contributed by atoms with Gasteiger partial charge in [0.2, 0.25) is 0 Å². The summed E-state index contributed by atoms with van der Waals surface area (Å²) in [6.07, 6.45) is 5.40. The van der Waals surface area contributed by atoms with Gasteiger partial charge in [-0.05, 0) is 36.6 Å². The molecule has 1 fully saturated rings. The molecule has 0 spiro atoms. The van der Waals surface area contributed by atoms with Crippen molar-refractivity contribution in [3.8, 4) is 11.5 Å². The number of rotatable bonds is 10. The Bertz CT molecular complexity index is 1480. The van der Waals surface area contributed by atoms with Gasteiger partial charge in [-0.25, -0.2) is 14.4 Å². The van der Waals surface area contributed by atoms with E-state index in [0.717, 1.165) is 25.2 Å². The molecule has 11 heteroatoms. The van der Waals surface area contributed by atoms with E-state index in [0.29, 0.717) is 60.5 Å². The fraction of sp³-hybridized carbons (Fsp3) is 0.375. The number of aliphatic carboxylic acids is 2. The minimum atomic E-state index is -1.53. The van der Waals surface area contributed by atoms with Crippen molar-refractivity contribution in [3.05, 3.63) is 83.1 Å². The molecule has 43 heavy (non-hydrogen) atoms. The highest BCUT2D eigenvalue weighted by atomic mass is 16.5. The molecule has 1 saturated heterocycles. The van der Waals surface area contributed by atoms with Crippen LogP contribution in [0, 0.1) is 11.8 Å². The lowest BCUT2D eigenvalue weighted by molar-refractivity contribution is -0.837. The lowest BCUT2D eigenvalue weighted by atomic mass is 9.75. The second-order valence-electron chi connectivity index (χ2n) is 10.9. The van der Waals surface area contributed by atoms with E-state index in [-0.39, 0.29) is 12.5 Å². The fourth-order valence-corrected chi connectivity index (χ4v) is 6.08. The van der Waals surface area contributed by atoms with Crippen LogP contribution in [0.5, 0.6) is 11.5 Å². The van der Waals surface area contributed by atoms with Crippen molar-refractivity contribution in [1.82, 2.24) is 4.90 Å². The molecule has 226 valence electrons. The first-order chi connectivity index (χ1) is 20.8. The molecule has 2 N–H and O–H groups in total. The molecular weight excluding hydrogens is 554 g/mol. The molecule has 11 nitrogen and oxygen atoms in total. The van der Waals surface area contributed by atoms with Gasteiger partial charge in [0, 0.05) is 36.7 Å². The molecule has 0 bridgehead atoms. The summed E-state index contributed by atoms with van der Waals surface area (Å²) in [6, 6.07) is 12.9. The first-order valence-electron chi connectivity index (χ1n) is 14.2. The highest BCUT2D eigenvalue weighted by molar-refractivity contribution is 6.07. The molecule has 2 aliphatic heterocycles. The SMILES string of the molecule is COc1ccc(C2=N[N+](Cc3ccc(CN4CCOCC4)cc3)(C(=CC(=O)O)C(=O)O)C(=O)C3CC=CCC23)cc1OC. The third-order valence-electron chi connectivity index (χ3n) is 8.25. The van der Waals surface area contributed by atoms with Crippen LogP contribution in [0.1, 0.15) is 29.5 Å². The molecule has 5 rings (SSSR count). The number of benzene rings is 2. The minimum Gasteiger partial charge on any atom is -0.493 e. The van der Waals surface area contributed by atoms with Gasteiger partial charge in [-0.15, -0.1) is 0 Å². The molecule has 3 atom stereocenters. The molecule has 3 unspecified atom stereocenters. The molecule has 3 aliphatic rings. The van der Waals surface area contributed by atoms with Crippen molar-refractivity contribution in [2.75, 3.05) is 40.5 Å². The number of carbonyl (C=O) groups excluding carboxylic acids is 1. The van der Waals surface area contributed by atoms with Crippen molar-refractivity contribution in [1.29, 1.82) is 0 Å². The average Bonchev–Trinajstić information content (AvgIpc) is 3.02. The van der Waals surface area contributed by atoms with Crippen molar-refractivity contribution in [2.24, 2.45) is 16.9 Å². The quantitative estimate of drug-likeness (QED) is 0.242. The fourth-order valence-electron chi connectivity index (χ4n) is 6.08. The van der Waals surface area contributed by atoms with E-state index in [2.05, 4.69) is 4.90 Å². The number of methoxy groups -OCH3 is 2. The van der Waals surface area contributed by atoms with Crippen LogP contribution in [0.15, 0.2) is 71.5 Å². The van der Waals surface area contributed by atoms with Gasteiger partial charge in [-0.3, -0.25) is 4.90 Å². The van der Waals surface area contributed by atoms with E-state index in [4.69, 9.17) is 19.3 Å². The number of ether oxygens (including phenoxy) is 3. The van der Waals surface area contributed by atoms with E-state index in [9.17, 15) is 24.6 Å².